The maximum atomic E-state index is 8.90. The third-order valence-corrected chi connectivity index (χ3v) is 4.68. The zero-order chi connectivity index (χ0) is 13.8. The van der Waals surface area contributed by atoms with Crippen LogP contribution in [0.5, 0.6) is 0 Å². The Bertz CT molecular complexity index is 465. The predicted octanol–water partition coefficient (Wildman–Crippen LogP) is 2.50. The van der Waals surface area contributed by atoms with Crippen LogP contribution in [0.15, 0.2) is 30.3 Å². The molecule has 1 aromatic carbocycles. The molecular formula is C17H23N3. The monoisotopic (exact) mass is 269 g/mol. The van der Waals surface area contributed by atoms with Crippen molar-refractivity contribution in [2.75, 3.05) is 32.7 Å². The fraction of sp³-hybridized carbons (Fsp3) is 0.588. The summed E-state index contributed by atoms with van der Waals surface area (Å²) in [5, 5.41) is 8.90. The second-order valence-electron chi connectivity index (χ2n) is 6.37. The fourth-order valence-corrected chi connectivity index (χ4v) is 3.16. The van der Waals surface area contributed by atoms with Crippen molar-refractivity contribution in [2.45, 2.75) is 25.8 Å². The van der Waals surface area contributed by atoms with E-state index in [0.29, 0.717) is 5.41 Å². The third kappa shape index (κ3) is 3.39. The van der Waals surface area contributed by atoms with E-state index >= 15 is 0 Å². The molecule has 20 heavy (non-hydrogen) atoms. The van der Waals surface area contributed by atoms with E-state index in [-0.39, 0.29) is 0 Å². The highest BCUT2D eigenvalue weighted by molar-refractivity contribution is 5.14. The van der Waals surface area contributed by atoms with Crippen molar-refractivity contribution in [3.8, 4) is 6.07 Å². The first-order valence-corrected chi connectivity index (χ1v) is 7.65. The smallest absolute Gasteiger partial charge is 0.0628 e. The molecule has 1 aliphatic carbocycles. The molecule has 1 aliphatic heterocycles. The lowest BCUT2D eigenvalue weighted by Crippen LogP contribution is -2.47. The topological polar surface area (TPSA) is 30.3 Å². The Labute approximate surface area is 121 Å². The predicted molar refractivity (Wildman–Crippen MR) is 80.1 cm³/mol. The molecule has 2 fully saturated rings. The van der Waals surface area contributed by atoms with Gasteiger partial charge in [-0.3, -0.25) is 4.90 Å². The van der Waals surface area contributed by atoms with E-state index in [9.17, 15) is 0 Å². The van der Waals surface area contributed by atoms with Crippen LogP contribution in [0.25, 0.3) is 0 Å². The highest BCUT2D eigenvalue weighted by atomic mass is 15.3. The van der Waals surface area contributed by atoms with E-state index in [1.807, 2.05) is 0 Å². The van der Waals surface area contributed by atoms with Gasteiger partial charge in [0, 0.05) is 45.7 Å². The van der Waals surface area contributed by atoms with Crippen LogP contribution in [0.1, 0.15) is 24.8 Å². The first-order chi connectivity index (χ1) is 9.80. The lowest BCUT2D eigenvalue weighted by atomic mass is 10.0. The zero-order valence-electron chi connectivity index (χ0n) is 12.1. The molecule has 0 N–H and O–H groups in total. The summed E-state index contributed by atoms with van der Waals surface area (Å²) in [5.74, 6) is 0. The van der Waals surface area contributed by atoms with Crippen molar-refractivity contribution in [3.63, 3.8) is 0 Å². The van der Waals surface area contributed by atoms with Crippen LogP contribution < -0.4 is 0 Å². The molecule has 0 spiro atoms. The molecule has 0 amide bonds. The van der Waals surface area contributed by atoms with Crippen LogP contribution >= 0.6 is 0 Å². The van der Waals surface area contributed by atoms with Gasteiger partial charge in [0.15, 0.2) is 0 Å². The second-order valence-corrected chi connectivity index (χ2v) is 6.37. The summed E-state index contributed by atoms with van der Waals surface area (Å²) in [6, 6.07) is 13.1. The number of rotatable bonds is 5. The normalized spacial score (nSPS) is 22.4. The van der Waals surface area contributed by atoms with Crippen LogP contribution in [-0.2, 0) is 6.54 Å². The molecule has 2 aliphatic rings. The standard InChI is InChI=1S/C17H23N3/c18-9-8-17(6-7-17)15-20-12-10-19(11-13-20)14-16-4-2-1-3-5-16/h1-5H,6-8,10-15H2. The Kier molecular flexibility index (Phi) is 4.05. The molecule has 1 aromatic rings. The fourth-order valence-electron chi connectivity index (χ4n) is 3.16. The minimum Gasteiger partial charge on any atom is -0.300 e. The number of hydrogen-bond acceptors (Lipinski definition) is 3. The van der Waals surface area contributed by atoms with Crippen LogP contribution in [0.4, 0.5) is 0 Å². The van der Waals surface area contributed by atoms with Crippen molar-refractivity contribution in [1.82, 2.24) is 9.80 Å². The van der Waals surface area contributed by atoms with Gasteiger partial charge in [-0.15, -0.1) is 0 Å². The van der Waals surface area contributed by atoms with Gasteiger partial charge in [-0.1, -0.05) is 30.3 Å². The second kappa shape index (κ2) is 5.95. The van der Waals surface area contributed by atoms with E-state index in [1.165, 1.54) is 18.4 Å². The highest BCUT2D eigenvalue weighted by Gasteiger charge is 2.43. The molecule has 3 nitrogen and oxygen atoms in total. The minimum absolute atomic E-state index is 0.357. The van der Waals surface area contributed by atoms with Crippen molar-refractivity contribution in [1.29, 1.82) is 5.26 Å². The molecule has 1 saturated carbocycles. The number of piperazine rings is 1. The molecule has 0 radical (unpaired) electrons. The van der Waals surface area contributed by atoms with Gasteiger partial charge in [-0.05, 0) is 23.8 Å². The Balaban J connectivity index is 1.44. The van der Waals surface area contributed by atoms with Crippen molar-refractivity contribution >= 4 is 0 Å². The number of benzene rings is 1. The quantitative estimate of drug-likeness (QED) is 0.822. The molecular weight excluding hydrogens is 246 g/mol. The maximum absolute atomic E-state index is 8.90. The molecule has 0 unspecified atom stereocenters. The van der Waals surface area contributed by atoms with Crippen LogP contribution in [-0.4, -0.2) is 42.5 Å². The Hall–Kier alpha value is -1.37. The first-order valence-electron chi connectivity index (χ1n) is 7.65. The number of hydrogen-bond donors (Lipinski definition) is 0. The SMILES string of the molecule is N#CCC1(CN2CCN(Cc3ccccc3)CC2)CC1. The van der Waals surface area contributed by atoms with Crippen molar-refractivity contribution in [3.05, 3.63) is 35.9 Å². The summed E-state index contributed by atoms with van der Waals surface area (Å²) in [6.07, 6.45) is 3.26. The molecule has 0 atom stereocenters. The van der Waals surface area contributed by atoms with Gasteiger partial charge in [0.2, 0.25) is 0 Å². The molecule has 3 rings (SSSR count). The molecule has 0 bridgehead atoms. The van der Waals surface area contributed by atoms with Crippen LogP contribution in [0, 0.1) is 16.7 Å². The highest BCUT2D eigenvalue weighted by Crippen LogP contribution is 2.49. The van der Waals surface area contributed by atoms with Crippen molar-refractivity contribution in [2.24, 2.45) is 5.41 Å². The largest absolute Gasteiger partial charge is 0.300 e. The summed E-state index contributed by atoms with van der Waals surface area (Å²) in [6.45, 7) is 6.81. The average molecular weight is 269 g/mol. The lowest BCUT2D eigenvalue weighted by molar-refractivity contribution is 0.109. The van der Waals surface area contributed by atoms with Crippen LogP contribution in [0.2, 0.25) is 0 Å². The minimum atomic E-state index is 0.357. The summed E-state index contributed by atoms with van der Waals surface area (Å²) >= 11 is 0. The van der Waals surface area contributed by atoms with E-state index in [4.69, 9.17) is 5.26 Å². The van der Waals surface area contributed by atoms with E-state index in [0.717, 1.165) is 45.7 Å². The van der Waals surface area contributed by atoms with Gasteiger partial charge in [0.05, 0.1) is 6.07 Å². The van der Waals surface area contributed by atoms with Gasteiger partial charge < -0.3 is 4.90 Å². The van der Waals surface area contributed by atoms with Gasteiger partial charge >= 0.3 is 0 Å². The summed E-state index contributed by atoms with van der Waals surface area (Å²) in [5.41, 5.74) is 1.76. The third-order valence-electron chi connectivity index (χ3n) is 4.68. The van der Waals surface area contributed by atoms with E-state index in [2.05, 4.69) is 46.2 Å². The van der Waals surface area contributed by atoms with E-state index < -0.39 is 0 Å². The summed E-state index contributed by atoms with van der Waals surface area (Å²) < 4.78 is 0. The Morgan fingerprint density at radius 3 is 2.25 bits per heavy atom. The molecule has 106 valence electrons. The first kappa shape index (κ1) is 13.6. The van der Waals surface area contributed by atoms with Crippen LogP contribution in [0.3, 0.4) is 0 Å². The zero-order valence-corrected chi connectivity index (χ0v) is 12.1. The average Bonchev–Trinajstić information content (AvgIpc) is 3.22. The summed E-state index contributed by atoms with van der Waals surface area (Å²) in [7, 11) is 0. The Morgan fingerprint density at radius 2 is 1.65 bits per heavy atom. The van der Waals surface area contributed by atoms with Gasteiger partial charge in [0.1, 0.15) is 0 Å². The molecule has 1 heterocycles. The Morgan fingerprint density at radius 1 is 1.00 bits per heavy atom. The summed E-state index contributed by atoms with van der Waals surface area (Å²) in [4.78, 5) is 5.10. The van der Waals surface area contributed by atoms with Crippen molar-refractivity contribution < 1.29 is 0 Å². The van der Waals surface area contributed by atoms with Gasteiger partial charge in [-0.2, -0.15) is 5.26 Å². The van der Waals surface area contributed by atoms with E-state index in [1.54, 1.807) is 0 Å². The molecule has 3 heteroatoms. The van der Waals surface area contributed by atoms with Gasteiger partial charge in [-0.25, -0.2) is 0 Å². The molecule has 0 aromatic heterocycles. The number of nitrogens with zero attached hydrogens (tertiary/aromatic N) is 3. The number of nitriles is 1. The maximum Gasteiger partial charge on any atom is 0.0628 e. The van der Waals surface area contributed by atoms with Gasteiger partial charge in [0.25, 0.3) is 0 Å². The lowest BCUT2D eigenvalue weighted by Gasteiger charge is -2.36. The molecule has 1 saturated heterocycles.